The summed E-state index contributed by atoms with van der Waals surface area (Å²) in [5.74, 6) is 1.59. The fourth-order valence-corrected chi connectivity index (χ4v) is 3.82. The first-order valence-corrected chi connectivity index (χ1v) is 8.57. The Balaban J connectivity index is 1.46. The van der Waals surface area contributed by atoms with Crippen LogP contribution in [0.2, 0.25) is 0 Å². The standard InChI is InChI=1S/C18H23N3O3/c1-12-14(13(2)24-20-12)11-21-9-10-22-18-15(21)6-7-16(18)23-17-5-3-4-8-19-17/h3-5,8,15-16,18H,6-7,9-11H2,1-2H3/t15-,16-,18-/m1/s1. The SMILES string of the molecule is Cc1noc(C)c1CN1CCO[C@@H]2[C@H]1CC[C@H]2Oc1ccccn1. The van der Waals surface area contributed by atoms with Gasteiger partial charge in [-0.25, -0.2) is 4.98 Å². The van der Waals surface area contributed by atoms with Gasteiger partial charge in [0.15, 0.2) is 0 Å². The first kappa shape index (κ1) is 15.6. The average Bonchev–Trinajstić information content (AvgIpc) is 3.15. The molecule has 1 aliphatic heterocycles. The third-order valence-corrected chi connectivity index (χ3v) is 5.10. The van der Waals surface area contributed by atoms with Gasteiger partial charge in [-0.1, -0.05) is 11.2 Å². The van der Waals surface area contributed by atoms with Crippen LogP contribution in [0.1, 0.15) is 29.9 Å². The number of morpholine rings is 1. The Hall–Kier alpha value is -1.92. The van der Waals surface area contributed by atoms with E-state index in [-0.39, 0.29) is 12.2 Å². The van der Waals surface area contributed by atoms with Crippen molar-refractivity contribution in [2.45, 2.75) is 51.5 Å². The largest absolute Gasteiger partial charge is 0.472 e. The molecule has 0 N–H and O–H groups in total. The van der Waals surface area contributed by atoms with Gasteiger partial charge in [0.05, 0.1) is 12.3 Å². The first-order valence-electron chi connectivity index (χ1n) is 8.57. The van der Waals surface area contributed by atoms with Crippen LogP contribution in [0.3, 0.4) is 0 Å². The lowest BCUT2D eigenvalue weighted by Crippen LogP contribution is -2.51. The predicted octanol–water partition coefficient (Wildman–Crippen LogP) is 2.50. The zero-order chi connectivity index (χ0) is 16.5. The van der Waals surface area contributed by atoms with Crippen LogP contribution < -0.4 is 4.74 Å². The monoisotopic (exact) mass is 329 g/mol. The zero-order valence-electron chi connectivity index (χ0n) is 14.1. The van der Waals surface area contributed by atoms with Gasteiger partial charge in [-0.2, -0.15) is 0 Å². The normalized spacial score (nSPS) is 27.2. The van der Waals surface area contributed by atoms with Gasteiger partial charge in [0.2, 0.25) is 5.88 Å². The molecule has 2 aliphatic rings. The van der Waals surface area contributed by atoms with Crippen LogP contribution in [-0.4, -0.2) is 46.4 Å². The van der Waals surface area contributed by atoms with Crippen LogP contribution in [0.15, 0.2) is 28.9 Å². The molecule has 1 saturated carbocycles. The van der Waals surface area contributed by atoms with Crippen molar-refractivity contribution in [3.63, 3.8) is 0 Å². The zero-order valence-corrected chi connectivity index (χ0v) is 14.1. The highest BCUT2D eigenvalue weighted by atomic mass is 16.5. The van der Waals surface area contributed by atoms with Crippen molar-refractivity contribution in [2.75, 3.05) is 13.2 Å². The summed E-state index contributed by atoms with van der Waals surface area (Å²) in [7, 11) is 0. The van der Waals surface area contributed by atoms with E-state index in [1.54, 1.807) is 6.20 Å². The molecule has 3 atom stereocenters. The topological polar surface area (TPSA) is 60.6 Å². The number of hydrogen-bond donors (Lipinski definition) is 0. The summed E-state index contributed by atoms with van der Waals surface area (Å²) in [5.41, 5.74) is 2.18. The van der Waals surface area contributed by atoms with Gasteiger partial charge in [0.25, 0.3) is 0 Å². The van der Waals surface area contributed by atoms with Crippen molar-refractivity contribution >= 4 is 0 Å². The molecule has 0 unspecified atom stereocenters. The van der Waals surface area contributed by atoms with Gasteiger partial charge in [-0.15, -0.1) is 0 Å². The molecule has 6 heteroatoms. The first-order chi connectivity index (χ1) is 11.7. The third-order valence-electron chi connectivity index (χ3n) is 5.10. The fraction of sp³-hybridized carbons (Fsp3) is 0.556. The minimum atomic E-state index is 0.0670. The summed E-state index contributed by atoms with van der Waals surface area (Å²) in [5, 5.41) is 4.07. The van der Waals surface area contributed by atoms with Gasteiger partial charge >= 0.3 is 0 Å². The molecule has 2 aromatic heterocycles. The molecular weight excluding hydrogens is 306 g/mol. The van der Waals surface area contributed by atoms with Gasteiger partial charge < -0.3 is 14.0 Å². The number of rotatable bonds is 4. The van der Waals surface area contributed by atoms with Crippen LogP contribution in [0.5, 0.6) is 5.88 Å². The summed E-state index contributed by atoms with van der Waals surface area (Å²) < 4.78 is 17.5. The maximum Gasteiger partial charge on any atom is 0.213 e. The molecule has 0 radical (unpaired) electrons. The molecule has 4 rings (SSSR count). The molecule has 1 aliphatic carbocycles. The van der Waals surface area contributed by atoms with E-state index in [9.17, 15) is 0 Å². The van der Waals surface area contributed by atoms with E-state index in [2.05, 4.69) is 15.0 Å². The Kier molecular flexibility index (Phi) is 4.24. The smallest absolute Gasteiger partial charge is 0.213 e. The van der Waals surface area contributed by atoms with Crippen LogP contribution in [0.25, 0.3) is 0 Å². The minimum Gasteiger partial charge on any atom is -0.472 e. The summed E-state index contributed by atoms with van der Waals surface area (Å²) in [4.78, 5) is 6.76. The highest BCUT2D eigenvalue weighted by Gasteiger charge is 2.44. The Morgan fingerprint density at radius 2 is 2.21 bits per heavy atom. The predicted molar refractivity (Wildman–Crippen MR) is 87.8 cm³/mol. The molecule has 6 nitrogen and oxygen atoms in total. The minimum absolute atomic E-state index is 0.0670. The highest BCUT2D eigenvalue weighted by Crippen LogP contribution is 2.34. The summed E-state index contributed by atoms with van der Waals surface area (Å²) in [6.45, 7) is 6.51. The van der Waals surface area contributed by atoms with Crippen molar-refractivity contribution in [3.05, 3.63) is 41.4 Å². The van der Waals surface area contributed by atoms with E-state index in [0.717, 1.165) is 44.0 Å². The Morgan fingerprint density at radius 3 is 2.96 bits per heavy atom. The molecule has 0 spiro atoms. The van der Waals surface area contributed by atoms with E-state index in [4.69, 9.17) is 14.0 Å². The molecule has 0 aromatic carbocycles. The lowest BCUT2D eigenvalue weighted by Gasteiger charge is -2.38. The number of hydrogen-bond acceptors (Lipinski definition) is 6. The molecule has 2 aromatic rings. The third kappa shape index (κ3) is 2.91. The van der Waals surface area contributed by atoms with E-state index in [1.807, 2.05) is 32.0 Å². The molecule has 0 amide bonds. The van der Waals surface area contributed by atoms with Crippen LogP contribution >= 0.6 is 0 Å². The van der Waals surface area contributed by atoms with Gasteiger partial charge in [-0.3, -0.25) is 4.90 Å². The maximum atomic E-state index is 6.08. The van der Waals surface area contributed by atoms with Crippen LogP contribution in [0, 0.1) is 13.8 Å². The average molecular weight is 329 g/mol. The lowest BCUT2D eigenvalue weighted by molar-refractivity contribution is -0.0923. The second-order valence-corrected chi connectivity index (χ2v) is 6.58. The van der Waals surface area contributed by atoms with Gasteiger partial charge in [0, 0.05) is 37.0 Å². The van der Waals surface area contributed by atoms with Crippen molar-refractivity contribution in [3.8, 4) is 5.88 Å². The van der Waals surface area contributed by atoms with Crippen LogP contribution in [0.4, 0.5) is 0 Å². The molecular formula is C18H23N3O3. The number of fused-ring (bicyclic) bond motifs is 1. The second-order valence-electron chi connectivity index (χ2n) is 6.58. The Bertz CT molecular complexity index is 669. The molecule has 2 fully saturated rings. The number of aryl methyl sites for hydroxylation is 2. The summed E-state index contributed by atoms with van der Waals surface area (Å²) in [6.07, 6.45) is 3.99. The van der Waals surface area contributed by atoms with Crippen molar-refractivity contribution in [1.82, 2.24) is 15.0 Å². The molecule has 3 heterocycles. The summed E-state index contributed by atoms with van der Waals surface area (Å²) in [6, 6.07) is 6.12. The molecule has 1 saturated heterocycles. The second kappa shape index (κ2) is 6.53. The van der Waals surface area contributed by atoms with Crippen molar-refractivity contribution in [2.24, 2.45) is 0 Å². The van der Waals surface area contributed by atoms with E-state index < -0.39 is 0 Å². The highest BCUT2D eigenvalue weighted by molar-refractivity contribution is 5.21. The molecule has 24 heavy (non-hydrogen) atoms. The lowest BCUT2D eigenvalue weighted by atomic mass is 10.1. The van der Waals surface area contributed by atoms with E-state index in [1.165, 1.54) is 5.56 Å². The quantitative estimate of drug-likeness (QED) is 0.859. The fourth-order valence-electron chi connectivity index (χ4n) is 3.82. The van der Waals surface area contributed by atoms with Crippen LogP contribution in [-0.2, 0) is 11.3 Å². The van der Waals surface area contributed by atoms with E-state index in [0.29, 0.717) is 11.9 Å². The van der Waals surface area contributed by atoms with Crippen molar-refractivity contribution < 1.29 is 14.0 Å². The maximum absolute atomic E-state index is 6.08. The number of pyridine rings is 1. The van der Waals surface area contributed by atoms with E-state index >= 15 is 0 Å². The Morgan fingerprint density at radius 1 is 1.29 bits per heavy atom. The molecule has 128 valence electrons. The summed E-state index contributed by atoms with van der Waals surface area (Å²) >= 11 is 0. The van der Waals surface area contributed by atoms with Gasteiger partial charge in [0.1, 0.15) is 18.0 Å². The number of ether oxygens (including phenoxy) is 2. The molecule has 0 bridgehead atoms. The Labute approximate surface area is 141 Å². The number of aromatic nitrogens is 2. The van der Waals surface area contributed by atoms with Crippen molar-refractivity contribution in [1.29, 1.82) is 0 Å². The number of nitrogens with zero attached hydrogens (tertiary/aromatic N) is 3. The van der Waals surface area contributed by atoms with Gasteiger partial charge in [-0.05, 0) is 32.8 Å².